The van der Waals surface area contributed by atoms with Crippen LogP contribution in [0.5, 0.6) is 0 Å². The van der Waals surface area contributed by atoms with E-state index in [1.165, 1.54) is 6.39 Å². The van der Waals surface area contributed by atoms with Crippen molar-refractivity contribution in [1.82, 2.24) is 19.5 Å². The molecule has 0 amide bonds. The molecule has 2 atom stereocenters. The molecule has 3 aromatic heterocycles. The molecule has 7 heteroatoms. The molecule has 0 radical (unpaired) electrons. The molecule has 5 rings (SSSR count). The average molecular weight is 373 g/mol. The van der Waals surface area contributed by atoms with Gasteiger partial charge in [-0.2, -0.15) is 0 Å². The van der Waals surface area contributed by atoms with E-state index < -0.39 is 0 Å². The molecule has 140 valence electrons. The SMILES string of the molecule is [C-]#[N+]c1ccc2ncc3nc(Cc4cnco4)n([C@@H]4CCO[C@H](C)C4)c3c2c1. The number of nitrogens with zero attached hydrogens (tertiary/aromatic N) is 5. The van der Waals surface area contributed by atoms with Crippen molar-refractivity contribution in [3.8, 4) is 0 Å². The third kappa shape index (κ3) is 2.83. The Morgan fingerprint density at radius 1 is 1.29 bits per heavy atom. The van der Waals surface area contributed by atoms with Gasteiger partial charge in [0.05, 0.1) is 42.5 Å². The van der Waals surface area contributed by atoms with Gasteiger partial charge in [-0.05, 0) is 31.9 Å². The largest absolute Gasteiger partial charge is 0.448 e. The Balaban J connectivity index is 1.77. The van der Waals surface area contributed by atoms with Crippen LogP contribution in [0.3, 0.4) is 0 Å². The van der Waals surface area contributed by atoms with Gasteiger partial charge in [-0.1, -0.05) is 6.07 Å². The Morgan fingerprint density at radius 3 is 3.00 bits per heavy atom. The smallest absolute Gasteiger partial charge is 0.188 e. The first-order valence-electron chi connectivity index (χ1n) is 9.39. The molecule has 0 bridgehead atoms. The lowest BCUT2D eigenvalue weighted by Crippen LogP contribution is -2.26. The summed E-state index contributed by atoms with van der Waals surface area (Å²) < 4.78 is 13.6. The van der Waals surface area contributed by atoms with Crippen molar-refractivity contribution in [2.75, 3.05) is 6.61 Å². The van der Waals surface area contributed by atoms with Crippen LogP contribution in [0.1, 0.15) is 37.4 Å². The summed E-state index contributed by atoms with van der Waals surface area (Å²) in [6.45, 7) is 10.2. The van der Waals surface area contributed by atoms with E-state index in [-0.39, 0.29) is 12.1 Å². The Hall–Kier alpha value is -3.24. The van der Waals surface area contributed by atoms with Crippen LogP contribution in [0, 0.1) is 6.57 Å². The second kappa shape index (κ2) is 6.73. The van der Waals surface area contributed by atoms with Crippen LogP contribution in [-0.2, 0) is 11.2 Å². The van der Waals surface area contributed by atoms with Crippen molar-refractivity contribution in [1.29, 1.82) is 0 Å². The van der Waals surface area contributed by atoms with E-state index in [1.807, 2.05) is 18.3 Å². The van der Waals surface area contributed by atoms with Crippen LogP contribution in [0.4, 0.5) is 5.69 Å². The minimum atomic E-state index is 0.196. The van der Waals surface area contributed by atoms with Crippen molar-refractivity contribution in [2.45, 2.75) is 38.3 Å². The molecular formula is C21H19N5O2. The van der Waals surface area contributed by atoms with Crippen LogP contribution in [0.2, 0.25) is 0 Å². The molecule has 1 aliphatic rings. The minimum Gasteiger partial charge on any atom is -0.448 e. The molecule has 7 nitrogen and oxygen atoms in total. The molecule has 0 aliphatic carbocycles. The van der Waals surface area contributed by atoms with E-state index in [4.69, 9.17) is 20.7 Å². The second-order valence-corrected chi connectivity index (χ2v) is 7.21. The number of pyridine rings is 1. The standard InChI is InChI=1S/C21H19N5O2/c1-13-7-15(5-6-27-13)26-20(9-16-10-23-12-28-16)25-19-11-24-18-4-3-14(22-2)8-17(18)21(19)26/h3-4,8,10-13,15H,5-7,9H2,1H3/t13-,15-/m1/s1. The van der Waals surface area contributed by atoms with E-state index in [0.717, 1.165) is 53.0 Å². The highest BCUT2D eigenvalue weighted by atomic mass is 16.5. The maximum absolute atomic E-state index is 7.39. The highest BCUT2D eigenvalue weighted by molar-refractivity contribution is 6.03. The van der Waals surface area contributed by atoms with Gasteiger partial charge >= 0.3 is 0 Å². The highest BCUT2D eigenvalue weighted by Gasteiger charge is 2.26. The molecule has 0 saturated carbocycles. The lowest BCUT2D eigenvalue weighted by molar-refractivity contribution is 0.00629. The first-order chi connectivity index (χ1) is 13.7. The quantitative estimate of drug-likeness (QED) is 0.496. The fraction of sp³-hybridized carbons (Fsp3) is 0.333. The second-order valence-electron chi connectivity index (χ2n) is 7.21. The third-order valence-electron chi connectivity index (χ3n) is 5.34. The first-order valence-corrected chi connectivity index (χ1v) is 9.39. The van der Waals surface area contributed by atoms with Gasteiger partial charge in [-0.15, -0.1) is 0 Å². The van der Waals surface area contributed by atoms with Gasteiger partial charge in [0.2, 0.25) is 0 Å². The Labute approximate surface area is 161 Å². The van der Waals surface area contributed by atoms with Crippen LogP contribution in [0.25, 0.3) is 26.8 Å². The lowest BCUT2D eigenvalue weighted by atomic mass is 10.0. The van der Waals surface area contributed by atoms with Crippen molar-refractivity contribution < 1.29 is 9.15 Å². The zero-order chi connectivity index (χ0) is 19.1. The van der Waals surface area contributed by atoms with Gasteiger partial charge < -0.3 is 13.7 Å². The maximum atomic E-state index is 7.39. The molecule has 4 heterocycles. The monoisotopic (exact) mass is 373 g/mol. The van der Waals surface area contributed by atoms with E-state index in [9.17, 15) is 0 Å². The van der Waals surface area contributed by atoms with Crippen LogP contribution < -0.4 is 0 Å². The number of imidazole rings is 1. The third-order valence-corrected chi connectivity index (χ3v) is 5.34. The summed E-state index contributed by atoms with van der Waals surface area (Å²) in [5.74, 6) is 1.70. The number of fused-ring (bicyclic) bond motifs is 3. The summed E-state index contributed by atoms with van der Waals surface area (Å²) in [6.07, 6.45) is 7.58. The Bertz CT molecular complexity index is 1190. The first kappa shape index (κ1) is 16.9. The van der Waals surface area contributed by atoms with E-state index >= 15 is 0 Å². The van der Waals surface area contributed by atoms with Crippen molar-refractivity contribution in [3.63, 3.8) is 0 Å². The van der Waals surface area contributed by atoms with Crippen molar-refractivity contribution >= 4 is 27.6 Å². The molecule has 1 saturated heterocycles. The van der Waals surface area contributed by atoms with Crippen molar-refractivity contribution in [3.05, 3.63) is 60.0 Å². The molecule has 0 spiro atoms. The van der Waals surface area contributed by atoms with E-state index in [2.05, 4.69) is 26.3 Å². The number of ether oxygens (including phenoxy) is 1. The number of hydrogen-bond donors (Lipinski definition) is 0. The van der Waals surface area contributed by atoms with Gasteiger partial charge in [0, 0.05) is 18.0 Å². The fourth-order valence-corrected chi connectivity index (χ4v) is 4.09. The summed E-state index contributed by atoms with van der Waals surface area (Å²) in [5.41, 5.74) is 3.34. The topological polar surface area (TPSA) is 70.3 Å². The lowest BCUT2D eigenvalue weighted by Gasteiger charge is -2.30. The van der Waals surface area contributed by atoms with Gasteiger partial charge in [0.25, 0.3) is 0 Å². The van der Waals surface area contributed by atoms with E-state index in [0.29, 0.717) is 12.1 Å². The fourth-order valence-electron chi connectivity index (χ4n) is 4.09. The Kier molecular flexibility index (Phi) is 4.06. The molecule has 0 N–H and O–H groups in total. The molecule has 28 heavy (non-hydrogen) atoms. The summed E-state index contributed by atoms with van der Waals surface area (Å²) in [7, 11) is 0. The zero-order valence-corrected chi connectivity index (χ0v) is 15.5. The van der Waals surface area contributed by atoms with Gasteiger partial charge in [-0.25, -0.2) is 14.8 Å². The van der Waals surface area contributed by atoms with E-state index in [1.54, 1.807) is 12.3 Å². The molecule has 1 aliphatic heterocycles. The molecule has 1 fully saturated rings. The number of hydrogen-bond acceptors (Lipinski definition) is 5. The average Bonchev–Trinajstić information content (AvgIpc) is 3.35. The molecule has 4 aromatic rings. The number of aromatic nitrogens is 4. The predicted molar refractivity (Wildman–Crippen MR) is 104 cm³/mol. The number of rotatable bonds is 3. The summed E-state index contributed by atoms with van der Waals surface area (Å²) in [6, 6.07) is 5.90. The van der Waals surface area contributed by atoms with Crippen LogP contribution >= 0.6 is 0 Å². The Morgan fingerprint density at radius 2 is 2.21 bits per heavy atom. The summed E-state index contributed by atoms with van der Waals surface area (Å²) in [5, 5.41) is 0.960. The van der Waals surface area contributed by atoms with Gasteiger partial charge in [0.15, 0.2) is 12.1 Å². The maximum Gasteiger partial charge on any atom is 0.188 e. The molecule has 0 unspecified atom stereocenters. The highest BCUT2D eigenvalue weighted by Crippen LogP contribution is 2.35. The minimum absolute atomic E-state index is 0.196. The van der Waals surface area contributed by atoms with Gasteiger partial charge in [-0.3, -0.25) is 4.98 Å². The van der Waals surface area contributed by atoms with Crippen LogP contribution in [-0.4, -0.2) is 32.2 Å². The molecular weight excluding hydrogens is 354 g/mol. The van der Waals surface area contributed by atoms with Crippen LogP contribution in [0.15, 0.2) is 41.4 Å². The number of oxazole rings is 1. The predicted octanol–water partition coefficient (Wildman–Crippen LogP) is 4.45. The van der Waals surface area contributed by atoms with Gasteiger partial charge in [0.1, 0.15) is 17.1 Å². The number of benzene rings is 1. The normalized spacial score (nSPS) is 19.9. The molecule has 1 aromatic carbocycles. The summed E-state index contributed by atoms with van der Waals surface area (Å²) in [4.78, 5) is 17.1. The van der Waals surface area contributed by atoms with Crippen molar-refractivity contribution in [2.24, 2.45) is 0 Å². The zero-order valence-electron chi connectivity index (χ0n) is 15.5. The summed E-state index contributed by atoms with van der Waals surface area (Å²) >= 11 is 0.